The normalized spacial score (nSPS) is 13.8. The van der Waals surface area contributed by atoms with Gasteiger partial charge in [0.1, 0.15) is 11.3 Å². The molecule has 0 aliphatic carbocycles. The van der Waals surface area contributed by atoms with Crippen molar-refractivity contribution in [2.45, 2.75) is 59.0 Å². The molecule has 0 heterocycles. The van der Waals surface area contributed by atoms with Gasteiger partial charge in [-0.1, -0.05) is 51.1 Å². The Morgan fingerprint density at radius 2 is 1.53 bits per heavy atom. The molecule has 0 aliphatic rings. The van der Waals surface area contributed by atoms with Gasteiger partial charge in [0, 0.05) is 19.5 Å². The van der Waals surface area contributed by atoms with E-state index in [1.165, 1.54) is 0 Å². The zero-order valence-electron chi connectivity index (χ0n) is 21.6. The van der Waals surface area contributed by atoms with Crippen LogP contribution in [0, 0.1) is 19.3 Å². The first-order chi connectivity index (χ1) is 16.8. The summed E-state index contributed by atoms with van der Waals surface area (Å²) in [7, 11) is 0. The van der Waals surface area contributed by atoms with Gasteiger partial charge in [0.2, 0.25) is 11.8 Å². The molecule has 0 radical (unpaired) electrons. The predicted octanol–water partition coefficient (Wildman–Crippen LogP) is 2.41. The van der Waals surface area contributed by atoms with E-state index in [4.69, 9.17) is 5.73 Å². The third-order valence-corrected chi connectivity index (χ3v) is 6.46. The van der Waals surface area contributed by atoms with E-state index in [1.54, 1.807) is 32.9 Å². The number of benzene rings is 2. The molecule has 196 valence electrons. The Labute approximate surface area is 212 Å². The highest BCUT2D eigenvalue weighted by atomic mass is 16.4. The van der Waals surface area contributed by atoms with Crippen molar-refractivity contribution in [3.63, 3.8) is 0 Å². The van der Waals surface area contributed by atoms with Gasteiger partial charge in [0.25, 0.3) is 0 Å². The van der Waals surface area contributed by atoms with Crippen molar-refractivity contribution in [2.24, 2.45) is 11.1 Å². The number of aryl methyl sites for hydroxylation is 2. The third kappa shape index (κ3) is 7.21. The highest BCUT2D eigenvalue weighted by Gasteiger charge is 2.50. The van der Waals surface area contributed by atoms with Crippen LogP contribution in [0.4, 0.5) is 4.79 Å². The molecule has 3 amide bonds. The lowest BCUT2D eigenvalue weighted by atomic mass is 9.68. The molecule has 2 aromatic rings. The van der Waals surface area contributed by atoms with Crippen LogP contribution in [0.5, 0.6) is 5.75 Å². The van der Waals surface area contributed by atoms with Crippen molar-refractivity contribution in [2.75, 3.05) is 13.1 Å². The molecule has 0 saturated heterocycles. The fourth-order valence-corrected chi connectivity index (χ4v) is 4.28. The monoisotopic (exact) mass is 498 g/mol. The molecule has 0 aromatic heterocycles. The number of carbonyl (C=O) groups excluding carboxylic acids is 2. The van der Waals surface area contributed by atoms with Crippen molar-refractivity contribution in [1.29, 1.82) is 0 Å². The average Bonchev–Trinajstić information content (AvgIpc) is 2.77. The maximum Gasteiger partial charge on any atom is 0.405 e. The summed E-state index contributed by atoms with van der Waals surface area (Å²) < 4.78 is 0. The Bertz CT molecular complexity index is 1060. The molecule has 0 fully saturated rings. The van der Waals surface area contributed by atoms with Gasteiger partial charge in [-0.25, -0.2) is 4.79 Å². The van der Waals surface area contributed by atoms with Crippen molar-refractivity contribution >= 4 is 17.9 Å². The summed E-state index contributed by atoms with van der Waals surface area (Å²) in [5.74, 6) is -0.742. The molecular weight excluding hydrogens is 460 g/mol. The van der Waals surface area contributed by atoms with Crippen LogP contribution in [0.2, 0.25) is 0 Å². The van der Waals surface area contributed by atoms with Gasteiger partial charge in [-0.3, -0.25) is 9.59 Å². The molecule has 0 aliphatic heterocycles. The lowest BCUT2D eigenvalue weighted by Gasteiger charge is -2.43. The molecule has 9 heteroatoms. The summed E-state index contributed by atoms with van der Waals surface area (Å²) in [5, 5.41) is 27.5. The number of amides is 3. The van der Waals surface area contributed by atoms with Gasteiger partial charge in [-0.2, -0.15) is 0 Å². The predicted molar refractivity (Wildman–Crippen MR) is 139 cm³/mol. The number of aromatic hydroxyl groups is 1. The molecule has 0 spiro atoms. The van der Waals surface area contributed by atoms with E-state index in [0.29, 0.717) is 6.42 Å². The largest absolute Gasteiger partial charge is 0.508 e. The summed E-state index contributed by atoms with van der Waals surface area (Å²) in [4.78, 5) is 37.7. The number of nitrogens with two attached hydrogens (primary N) is 1. The minimum Gasteiger partial charge on any atom is -0.508 e. The van der Waals surface area contributed by atoms with Gasteiger partial charge in [-0.15, -0.1) is 0 Å². The van der Waals surface area contributed by atoms with Gasteiger partial charge in [0.15, 0.2) is 0 Å². The second-order valence-corrected chi connectivity index (χ2v) is 10.2. The molecule has 2 aromatic carbocycles. The van der Waals surface area contributed by atoms with Crippen LogP contribution in [-0.4, -0.2) is 52.8 Å². The number of carbonyl (C=O) groups is 3. The smallest absolute Gasteiger partial charge is 0.405 e. The Morgan fingerprint density at radius 1 is 0.972 bits per heavy atom. The molecule has 2 rings (SSSR count). The van der Waals surface area contributed by atoms with Crippen molar-refractivity contribution in [3.05, 3.63) is 64.7 Å². The van der Waals surface area contributed by atoms with Crippen LogP contribution < -0.4 is 21.7 Å². The Morgan fingerprint density at radius 3 is 2.06 bits per heavy atom. The quantitative estimate of drug-likeness (QED) is 0.277. The van der Waals surface area contributed by atoms with E-state index in [-0.39, 0.29) is 31.2 Å². The maximum atomic E-state index is 13.5. The van der Waals surface area contributed by atoms with Crippen LogP contribution in [0.3, 0.4) is 0 Å². The van der Waals surface area contributed by atoms with Crippen LogP contribution >= 0.6 is 0 Å². The fraction of sp³-hybridized carbons (Fsp3) is 0.444. The number of nitrogens with one attached hydrogen (secondary N) is 3. The van der Waals surface area contributed by atoms with Gasteiger partial charge in [-0.05, 0) is 60.1 Å². The number of rotatable bonds is 10. The minimum absolute atomic E-state index is 0.0842. The van der Waals surface area contributed by atoms with E-state index in [2.05, 4.69) is 16.0 Å². The Balaban J connectivity index is 2.13. The summed E-state index contributed by atoms with van der Waals surface area (Å²) >= 11 is 0. The minimum atomic E-state index is -1.51. The number of hydrogen-bond acceptors (Lipinski definition) is 5. The standard InChI is InChI=1S/C27H38N4O5/c1-17-13-20(32)14-18(2)21(17)16-27(26(3,4)5,31-25(35)36)24(34)30-12-11-29-23(33)22(28)15-19-9-7-6-8-10-19/h6-10,13-14,22,31-32H,11-12,15-16,28H2,1-5H3,(H,29,33)(H,30,34)(H,35,36)/t22-,27+/m0/s1. The third-order valence-electron chi connectivity index (χ3n) is 6.46. The molecule has 0 saturated carbocycles. The Kier molecular flexibility index (Phi) is 9.47. The maximum absolute atomic E-state index is 13.5. The molecule has 0 bridgehead atoms. The molecule has 36 heavy (non-hydrogen) atoms. The first kappa shape index (κ1) is 28.6. The van der Waals surface area contributed by atoms with Crippen LogP contribution in [0.25, 0.3) is 0 Å². The summed E-state index contributed by atoms with van der Waals surface area (Å²) in [5.41, 5.74) is 6.90. The molecule has 2 atom stereocenters. The summed E-state index contributed by atoms with van der Waals surface area (Å²) in [6, 6.07) is 11.9. The van der Waals surface area contributed by atoms with Crippen LogP contribution in [-0.2, 0) is 22.4 Å². The molecular formula is C27H38N4O5. The van der Waals surface area contributed by atoms with E-state index >= 15 is 0 Å². The number of phenolic OH excluding ortho intramolecular Hbond substituents is 1. The molecule has 7 N–H and O–H groups in total. The first-order valence-corrected chi connectivity index (χ1v) is 11.9. The molecule has 9 nitrogen and oxygen atoms in total. The van der Waals surface area contributed by atoms with Gasteiger partial charge < -0.3 is 31.9 Å². The van der Waals surface area contributed by atoms with Crippen LogP contribution in [0.1, 0.15) is 43.0 Å². The Hall–Kier alpha value is -3.59. The van der Waals surface area contributed by atoms with Gasteiger partial charge >= 0.3 is 6.09 Å². The van der Waals surface area contributed by atoms with Gasteiger partial charge in [0.05, 0.1) is 6.04 Å². The lowest BCUT2D eigenvalue weighted by Crippen LogP contribution is -2.67. The highest BCUT2D eigenvalue weighted by molar-refractivity contribution is 5.91. The topological polar surface area (TPSA) is 154 Å². The number of phenols is 1. The summed E-state index contributed by atoms with van der Waals surface area (Å²) in [6.07, 6.45) is -0.852. The number of hydrogen-bond donors (Lipinski definition) is 6. The lowest BCUT2D eigenvalue weighted by molar-refractivity contribution is -0.132. The van der Waals surface area contributed by atoms with E-state index in [0.717, 1.165) is 22.3 Å². The fourth-order valence-electron chi connectivity index (χ4n) is 4.28. The van der Waals surface area contributed by atoms with E-state index in [1.807, 2.05) is 44.2 Å². The van der Waals surface area contributed by atoms with Crippen LogP contribution in [0.15, 0.2) is 42.5 Å². The highest BCUT2D eigenvalue weighted by Crippen LogP contribution is 2.36. The van der Waals surface area contributed by atoms with Crippen molar-refractivity contribution < 1.29 is 24.6 Å². The first-order valence-electron chi connectivity index (χ1n) is 11.9. The second kappa shape index (κ2) is 11.9. The van der Waals surface area contributed by atoms with Crippen molar-refractivity contribution in [3.8, 4) is 5.75 Å². The zero-order valence-corrected chi connectivity index (χ0v) is 21.6. The van der Waals surface area contributed by atoms with Crippen molar-refractivity contribution in [1.82, 2.24) is 16.0 Å². The average molecular weight is 499 g/mol. The zero-order chi connectivity index (χ0) is 27.1. The van der Waals surface area contributed by atoms with E-state index < -0.39 is 29.0 Å². The summed E-state index contributed by atoms with van der Waals surface area (Å²) in [6.45, 7) is 9.21. The van der Waals surface area contributed by atoms with E-state index in [9.17, 15) is 24.6 Å². The number of carboxylic acid groups (broad SMARTS) is 1. The second-order valence-electron chi connectivity index (χ2n) is 10.2. The molecule has 0 unspecified atom stereocenters. The SMILES string of the molecule is Cc1cc(O)cc(C)c1C[C@@](NC(=O)O)(C(=O)NCCNC(=O)[C@@H](N)Cc1ccccc1)C(C)(C)C.